The summed E-state index contributed by atoms with van der Waals surface area (Å²) in [7, 11) is 0. The van der Waals surface area contributed by atoms with Crippen molar-refractivity contribution in [1.29, 1.82) is 0 Å². The Morgan fingerprint density at radius 2 is 1.94 bits per heavy atom. The van der Waals surface area contributed by atoms with Crippen LogP contribution in [0.5, 0.6) is 0 Å². The molecule has 0 radical (unpaired) electrons. The highest BCUT2D eigenvalue weighted by Gasteiger charge is 2.53. The summed E-state index contributed by atoms with van der Waals surface area (Å²) in [5.41, 5.74) is 2.71. The number of piperidine rings is 1. The summed E-state index contributed by atoms with van der Waals surface area (Å²) in [6, 6.07) is 11.5. The van der Waals surface area contributed by atoms with Crippen LogP contribution in [-0.4, -0.2) is 41.5 Å². The van der Waals surface area contributed by atoms with Crippen molar-refractivity contribution < 1.29 is 4.79 Å². The molecular formula is C29H39N3OS. The molecule has 4 atom stereocenters. The van der Waals surface area contributed by atoms with Crippen molar-refractivity contribution in [3.63, 3.8) is 0 Å². The van der Waals surface area contributed by atoms with E-state index in [0.717, 1.165) is 56.7 Å². The largest absolute Gasteiger partial charge is 0.339 e. The molecule has 0 unspecified atom stereocenters. The highest BCUT2D eigenvalue weighted by atomic mass is 32.1. The maximum Gasteiger partial charge on any atom is 0.228 e. The van der Waals surface area contributed by atoms with Crippen molar-refractivity contribution in [3.8, 4) is 0 Å². The van der Waals surface area contributed by atoms with Gasteiger partial charge >= 0.3 is 0 Å². The van der Waals surface area contributed by atoms with Crippen molar-refractivity contribution in [2.24, 2.45) is 11.8 Å². The number of carbonyl (C=O) groups is 1. The van der Waals surface area contributed by atoms with Gasteiger partial charge in [-0.1, -0.05) is 49.6 Å². The first kappa shape index (κ1) is 22.7. The Balaban J connectivity index is 1.30. The van der Waals surface area contributed by atoms with Gasteiger partial charge < -0.3 is 10.2 Å². The Bertz CT molecular complexity index is 1010. The molecule has 3 heterocycles. The lowest BCUT2D eigenvalue weighted by Crippen LogP contribution is -2.55. The fourth-order valence-corrected chi connectivity index (χ4v) is 9.00. The third-order valence-corrected chi connectivity index (χ3v) is 10.7. The Morgan fingerprint density at radius 3 is 2.76 bits per heavy atom. The lowest BCUT2D eigenvalue weighted by atomic mass is 9.68. The molecular weight excluding hydrogens is 438 g/mol. The van der Waals surface area contributed by atoms with Gasteiger partial charge in [-0.05, 0) is 69.3 Å². The fourth-order valence-electron chi connectivity index (χ4n) is 7.76. The first-order chi connectivity index (χ1) is 16.7. The number of nitrogens with one attached hydrogen (secondary N) is 1. The summed E-state index contributed by atoms with van der Waals surface area (Å²) in [6.45, 7) is 4.81. The average Bonchev–Trinajstić information content (AvgIpc) is 3.48. The van der Waals surface area contributed by atoms with Gasteiger partial charge in [0.25, 0.3) is 0 Å². The fraction of sp³-hybridized carbons (Fsp3) is 0.655. The van der Waals surface area contributed by atoms with E-state index in [1.165, 1.54) is 48.2 Å². The van der Waals surface area contributed by atoms with E-state index in [4.69, 9.17) is 4.98 Å². The molecule has 1 amide bonds. The number of hydrogen-bond donors (Lipinski definition) is 1. The summed E-state index contributed by atoms with van der Waals surface area (Å²) >= 11 is 1.86. The molecule has 1 saturated carbocycles. The summed E-state index contributed by atoms with van der Waals surface area (Å²) in [5.74, 6) is 1.75. The zero-order chi connectivity index (χ0) is 23.1. The number of rotatable bonds is 3. The molecule has 182 valence electrons. The maximum absolute atomic E-state index is 14.5. The van der Waals surface area contributed by atoms with Crippen molar-refractivity contribution in [2.45, 2.75) is 88.5 Å². The van der Waals surface area contributed by atoms with Crippen molar-refractivity contribution >= 4 is 17.2 Å². The Hall–Kier alpha value is -1.72. The van der Waals surface area contributed by atoms with Gasteiger partial charge in [-0.25, -0.2) is 4.98 Å². The predicted octanol–water partition coefficient (Wildman–Crippen LogP) is 5.60. The van der Waals surface area contributed by atoms with Gasteiger partial charge in [-0.2, -0.15) is 0 Å². The molecule has 2 aromatic rings. The molecule has 2 aliphatic carbocycles. The van der Waals surface area contributed by atoms with Crippen LogP contribution in [0.2, 0.25) is 0 Å². The third kappa shape index (κ3) is 3.93. The molecule has 4 nitrogen and oxygen atoms in total. The Kier molecular flexibility index (Phi) is 6.27. The smallest absolute Gasteiger partial charge is 0.228 e. The minimum Gasteiger partial charge on any atom is -0.339 e. The highest BCUT2D eigenvalue weighted by Crippen LogP contribution is 2.49. The molecule has 2 aliphatic heterocycles. The van der Waals surface area contributed by atoms with Crippen LogP contribution in [0.4, 0.5) is 0 Å². The van der Waals surface area contributed by atoms with Gasteiger partial charge in [0.05, 0.1) is 16.6 Å². The Labute approximate surface area is 208 Å². The minimum absolute atomic E-state index is 0.0377. The molecule has 1 spiro atoms. The molecule has 1 N–H and O–H groups in total. The van der Waals surface area contributed by atoms with Gasteiger partial charge in [-0.15, -0.1) is 11.3 Å². The van der Waals surface area contributed by atoms with Crippen LogP contribution in [0.15, 0.2) is 30.3 Å². The van der Waals surface area contributed by atoms with Crippen LogP contribution in [0, 0.1) is 18.8 Å². The zero-order valence-corrected chi connectivity index (χ0v) is 21.4. The van der Waals surface area contributed by atoms with Crippen LogP contribution in [-0.2, 0) is 16.6 Å². The SMILES string of the molecule is Cc1nc2c(s1)[C@]1(CCC2)CNC[C@H]1C(=O)N1CC[C@@H](c2ccccc2)C[C@H]1C1CCCCC1. The molecule has 0 bridgehead atoms. The quantitative estimate of drug-likeness (QED) is 0.626. The van der Waals surface area contributed by atoms with Crippen LogP contribution < -0.4 is 5.32 Å². The number of carbonyl (C=O) groups excluding carboxylic acids is 1. The van der Waals surface area contributed by atoms with Crippen LogP contribution in [0.25, 0.3) is 0 Å². The van der Waals surface area contributed by atoms with E-state index >= 15 is 0 Å². The maximum atomic E-state index is 14.5. The van der Waals surface area contributed by atoms with Gasteiger partial charge in [-0.3, -0.25) is 4.79 Å². The molecule has 1 aromatic heterocycles. The summed E-state index contributed by atoms with van der Waals surface area (Å²) in [5, 5.41) is 4.82. The number of amides is 1. The van der Waals surface area contributed by atoms with E-state index in [2.05, 4.69) is 47.5 Å². The monoisotopic (exact) mass is 477 g/mol. The molecule has 4 aliphatic rings. The number of hydrogen-bond acceptors (Lipinski definition) is 4. The molecule has 1 aromatic carbocycles. The Morgan fingerprint density at radius 1 is 1.12 bits per heavy atom. The van der Waals surface area contributed by atoms with Gasteiger partial charge in [0.2, 0.25) is 5.91 Å². The number of aryl methyl sites for hydroxylation is 2. The second-order valence-electron chi connectivity index (χ2n) is 11.3. The van der Waals surface area contributed by atoms with E-state index in [1.54, 1.807) is 0 Å². The lowest BCUT2D eigenvalue weighted by Gasteiger charge is -2.47. The number of likely N-dealkylation sites (tertiary alicyclic amines) is 1. The second kappa shape index (κ2) is 9.39. The minimum atomic E-state index is -0.0377. The molecule has 2 saturated heterocycles. The molecule has 5 heteroatoms. The predicted molar refractivity (Wildman–Crippen MR) is 138 cm³/mol. The second-order valence-corrected chi connectivity index (χ2v) is 12.5. The summed E-state index contributed by atoms with van der Waals surface area (Å²) < 4.78 is 0. The topological polar surface area (TPSA) is 45.2 Å². The van der Waals surface area contributed by atoms with Crippen LogP contribution in [0.3, 0.4) is 0 Å². The van der Waals surface area contributed by atoms with E-state index in [-0.39, 0.29) is 11.3 Å². The number of benzene rings is 1. The lowest BCUT2D eigenvalue weighted by molar-refractivity contribution is -0.143. The summed E-state index contributed by atoms with van der Waals surface area (Å²) in [6.07, 6.45) is 12.2. The first-order valence-electron chi connectivity index (χ1n) is 13.7. The first-order valence-corrected chi connectivity index (χ1v) is 14.5. The normalized spacial score (nSPS) is 32.1. The highest BCUT2D eigenvalue weighted by molar-refractivity contribution is 7.11. The average molecular weight is 478 g/mol. The molecule has 34 heavy (non-hydrogen) atoms. The van der Waals surface area contributed by atoms with Gasteiger partial charge in [0.1, 0.15) is 0 Å². The number of aromatic nitrogens is 1. The van der Waals surface area contributed by atoms with Crippen molar-refractivity contribution in [3.05, 3.63) is 51.5 Å². The number of thiazole rings is 1. The van der Waals surface area contributed by atoms with Crippen molar-refractivity contribution in [1.82, 2.24) is 15.2 Å². The van der Waals surface area contributed by atoms with E-state index in [0.29, 0.717) is 23.8 Å². The molecule has 3 fully saturated rings. The zero-order valence-electron chi connectivity index (χ0n) is 20.6. The van der Waals surface area contributed by atoms with Crippen LogP contribution in [0.1, 0.15) is 84.8 Å². The molecule has 6 rings (SSSR count). The third-order valence-electron chi connectivity index (χ3n) is 9.44. The number of nitrogens with zero attached hydrogens (tertiary/aromatic N) is 2. The summed E-state index contributed by atoms with van der Waals surface area (Å²) in [4.78, 5) is 23.1. The van der Waals surface area contributed by atoms with E-state index < -0.39 is 0 Å². The standard InChI is InChI=1S/C29H39N3OS/c1-20-31-25-13-8-15-29(27(25)34-20)19-30-18-24(29)28(33)32-16-14-23(21-9-4-2-5-10-21)17-26(32)22-11-6-3-7-12-22/h2,4-5,9-10,22-24,26,30H,3,6-8,11-19H2,1H3/t23-,24+,26+,29-/m1/s1. The van der Waals surface area contributed by atoms with Crippen LogP contribution >= 0.6 is 11.3 Å². The van der Waals surface area contributed by atoms with Gasteiger partial charge in [0.15, 0.2) is 0 Å². The van der Waals surface area contributed by atoms with E-state index in [9.17, 15) is 4.79 Å². The van der Waals surface area contributed by atoms with E-state index in [1.807, 2.05) is 11.3 Å². The van der Waals surface area contributed by atoms with Gasteiger partial charge in [0, 0.05) is 36.0 Å². The van der Waals surface area contributed by atoms with Crippen molar-refractivity contribution in [2.75, 3.05) is 19.6 Å². The number of fused-ring (bicyclic) bond motifs is 2.